The van der Waals surface area contributed by atoms with Gasteiger partial charge >= 0.3 is 0 Å². The SMILES string of the molecule is CCc1nnc([C@H](Cc2ccc(OCCc3nc(-c4ccccc4)oc3C)cc2)Nc2ccccc2C(=O)c2ccccc2)s1. The summed E-state index contributed by atoms with van der Waals surface area (Å²) in [6.07, 6.45) is 2.13. The van der Waals surface area contributed by atoms with Crippen molar-refractivity contribution in [2.75, 3.05) is 11.9 Å². The number of aromatic nitrogens is 3. The van der Waals surface area contributed by atoms with E-state index in [0.717, 1.165) is 50.5 Å². The van der Waals surface area contributed by atoms with Gasteiger partial charge in [0, 0.05) is 28.8 Å². The maximum atomic E-state index is 13.4. The van der Waals surface area contributed by atoms with Gasteiger partial charge in [-0.3, -0.25) is 4.79 Å². The van der Waals surface area contributed by atoms with E-state index in [0.29, 0.717) is 36.5 Å². The number of hydrogen-bond donors (Lipinski definition) is 1. The number of para-hydroxylation sites is 1. The fraction of sp³-hybridized carbons (Fsp3) is 0.189. The summed E-state index contributed by atoms with van der Waals surface area (Å²) >= 11 is 1.60. The Morgan fingerprint density at radius 3 is 2.33 bits per heavy atom. The Hall–Kier alpha value is -5.08. The largest absolute Gasteiger partial charge is 0.493 e. The number of nitrogens with one attached hydrogen (secondary N) is 1. The van der Waals surface area contributed by atoms with Gasteiger partial charge in [-0.05, 0) is 61.7 Å². The lowest BCUT2D eigenvalue weighted by atomic mass is 10.00. The number of benzene rings is 4. The number of anilines is 1. The third-order valence-corrected chi connectivity index (χ3v) is 8.69. The topological polar surface area (TPSA) is 90.1 Å². The second-order valence-corrected chi connectivity index (χ2v) is 11.8. The molecule has 2 aromatic heterocycles. The monoisotopic (exact) mass is 614 g/mol. The van der Waals surface area contributed by atoms with E-state index in [1.54, 1.807) is 11.3 Å². The molecule has 0 saturated heterocycles. The van der Waals surface area contributed by atoms with Crippen molar-refractivity contribution in [3.8, 4) is 17.2 Å². The van der Waals surface area contributed by atoms with Crippen LogP contribution in [0, 0.1) is 6.92 Å². The number of aryl methyl sites for hydroxylation is 2. The second kappa shape index (κ2) is 14.1. The Labute approximate surface area is 267 Å². The van der Waals surface area contributed by atoms with Crippen LogP contribution in [0.15, 0.2) is 114 Å². The second-order valence-electron chi connectivity index (χ2n) is 10.7. The molecular formula is C37H34N4O3S. The lowest BCUT2D eigenvalue weighted by Crippen LogP contribution is -2.16. The third kappa shape index (κ3) is 7.36. The van der Waals surface area contributed by atoms with Crippen LogP contribution in [0.5, 0.6) is 5.75 Å². The summed E-state index contributed by atoms with van der Waals surface area (Å²) < 4.78 is 12.0. The molecule has 0 aliphatic carbocycles. The van der Waals surface area contributed by atoms with Crippen LogP contribution in [-0.2, 0) is 19.3 Å². The van der Waals surface area contributed by atoms with E-state index in [1.165, 1.54) is 0 Å². The molecule has 0 bridgehead atoms. The minimum Gasteiger partial charge on any atom is -0.493 e. The average molecular weight is 615 g/mol. The van der Waals surface area contributed by atoms with Crippen molar-refractivity contribution in [3.05, 3.63) is 147 Å². The molecule has 7 nitrogen and oxygen atoms in total. The van der Waals surface area contributed by atoms with Crippen LogP contribution in [0.3, 0.4) is 0 Å². The van der Waals surface area contributed by atoms with E-state index in [4.69, 9.17) is 9.15 Å². The number of carbonyl (C=O) groups is 1. The lowest BCUT2D eigenvalue weighted by Gasteiger charge is -2.20. The first-order valence-corrected chi connectivity index (χ1v) is 15.9. The molecule has 0 saturated carbocycles. The van der Waals surface area contributed by atoms with Crippen molar-refractivity contribution in [2.24, 2.45) is 0 Å². The minimum atomic E-state index is -0.173. The summed E-state index contributed by atoms with van der Waals surface area (Å²) in [5.41, 5.74) is 5.01. The number of hydrogen-bond acceptors (Lipinski definition) is 8. The molecule has 226 valence electrons. The Balaban J connectivity index is 1.14. The highest BCUT2D eigenvalue weighted by Gasteiger charge is 2.21. The maximum Gasteiger partial charge on any atom is 0.226 e. The molecule has 4 aromatic carbocycles. The van der Waals surface area contributed by atoms with E-state index in [9.17, 15) is 4.79 Å². The summed E-state index contributed by atoms with van der Waals surface area (Å²) in [6, 6.07) is 34.8. The standard InChI is InChI=1S/C37H34N4O3S/c1-3-34-40-41-37(45-34)33(38-32-17-11-10-16-30(32)35(42)27-12-6-4-7-13-27)24-26-18-20-29(21-19-26)43-23-22-31-25(2)44-36(39-31)28-14-8-5-9-15-28/h4-21,33,38H,3,22-24H2,1-2H3/t33-/m0/s1. The van der Waals surface area contributed by atoms with Gasteiger partial charge in [-0.15, -0.1) is 10.2 Å². The van der Waals surface area contributed by atoms with Gasteiger partial charge in [0.25, 0.3) is 0 Å². The zero-order valence-corrected chi connectivity index (χ0v) is 26.1. The summed E-state index contributed by atoms with van der Waals surface area (Å²) in [7, 11) is 0. The van der Waals surface area contributed by atoms with Crippen molar-refractivity contribution < 1.29 is 13.9 Å². The van der Waals surface area contributed by atoms with Crippen LogP contribution in [0.25, 0.3) is 11.5 Å². The minimum absolute atomic E-state index is 0.0254. The molecule has 1 atom stereocenters. The normalized spacial score (nSPS) is 11.7. The highest BCUT2D eigenvalue weighted by Crippen LogP contribution is 2.30. The predicted molar refractivity (Wildman–Crippen MR) is 178 cm³/mol. The van der Waals surface area contributed by atoms with E-state index < -0.39 is 0 Å². The molecule has 0 spiro atoms. The molecule has 0 fully saturated rings. The Kier molecular flexibility index (Phi) is 9.41. The molecule has 45 heavy (non-hydrogen) atoms. The van der Waals surface area contributed by atoms with Crippen LogP contribution in [0.2, 0.25) is 0 Å². The van der Waals surface area contributed by atoms with Crippen LogP contribution >= 0.6 is 11.3 Å². The Morgan fingerprint density at radius 1 is 0.889 bits per heavy atom. The van der Waals surface area contributed by atoms with E-state index in [2.05, 4.69) is 39.6 Å². The highest BCUT2D eigenvalue weighted by atomic mass is 32.1. The van der Waals surface area contributed by atoms with Crippen LogP contribution in [-0.4, -0.2) is 27.6 Å². The molecular weight excluding hydrogens is 580 g/mol. The van der Waals surface area contributed by atoms with E-state index in [1.807, 2.05) is 104 Å². The van der Waals surface area contributed by atoms with Gasteiger partial charge in [-0.2, -0.15) is 0 Å². The first-order valence-electron chi connectivity index (χ1n) is 15.1. The van der Waals surface area contributed by atoms with Crippen LogP contribution < -0.4 is 10.1 Å². The van der Waals surface area contributed by atoms with E-state index >= 15 is 0 Å². The molecule has 8 heteroatoms. The van der Waals surface area contributed by atoms with Gasteiger partial charge in [0.05, 0.1) is 18.3 Å². The van der Waals surface area contributed by atoms with E-state index in [-0.39, 0.29) is 11.8 Å². The van der Waals surface area contributed by atoms with Gasteiger partial charge in [-0.25, -0.2) is 4.98 Å². The molecule has 1 N–H and O–H groups in total. The quantitative estimate of drug-likeness (QED) is 0.131. The fourth-order valence-electron chi connectivity index (χ4n) is 5.08. The number of ether oxygens (including phenoxy) is 1. The highest BCUT2D eigenvalue weighted by molar-refractivity contribution is 7.11. The number of ketones is 1. The van der Waals surface area contributed by atoms with Gasteiger partial charge in [0.15, 0.2) is 5.78 Å². The first kappa shape index (κ1) is 30.0. The zero-order chi connectivity index (χ0) is 31.0. The molecule has 0 aliphatic heterocycles. The molecule has 2 heterocycles. The number of rotatable bonds is 13. The van der Waals surface area contributed by atoms with Gasteiger partial charge in [0.1, 0.15) is 21.5 Å². The first-order chi connectivity index (χ1) is 22.1. The molecule has 6 aromatic rings. The van der Waals surface area contributed by atoms with Gasteiger partial charge in [-0.1, -0.05) is 91.1 Å². The predicted octanol–water partition coefficient (Wildman–Crippen LogP) is 8.31. The maximum absolute atomic E-state index is 13.4. The number of oxazole rings is 1. The summed E-state index contributed by atoms with van der Waals surface area (Å²) in [5, 5.41) is 14.4. The fourth-order valence-corrected chi connectivity index (χ4v) is 5.91. The Morgan fingerprint density at radius 2 is 1.60 bits per heavy atom. The van der Waals surface area contributed by atoms with Crippen LogP contribution in [0.1, 0.15) is 55.9 Å². The number of nitrogens with zero attached hydrogens (tertiary/aromatic N) is 3. The molecule has 0 amide bonds. The molecule has 6 rings (SSSR count). The molecule has 0 aliphatic rings. The van der Waals surface area contributed by atoms with Crippen molar-refractivity contribution in [1.82, 2.24) is 15.2 Å². The zero-order valence-electron chi connectivity index (χ0n) is 25.3. The Bertz CT molecular complexity index is 1850. The van der Waals surface area contributed by atoms with Crippen LogP contribution in [0.4, 0.5) is 5.69 Å². The average Bonchev–Trinajstić information content (AvgIpc) is 3.73. The third-order valence-electron chi connectivity index (χ3n) is 7.50. The summed E-state index contributed by atoms with van der Waals surface area (Å²) in [5.74, 6) is 2.20. The molecule has 0 unspecified atom stereocenters. The lowest BCUT2D eigenvalue weighted by molar-refractivity contribution is 0.103. The summed E-state index contributed by atoms with van der Waals surface area (Å²) in [4.78, 5) is 18.1. The van der Waals surface area contributed by atoms with Crippen molar-refractivity contribution in [3.63, 3.8) is 0 Å². The van der Waals surface area contributed by atoms with Crippen molar-refractivity contribution in [2.45, 2.75) is 39.2 Å². The van der Waals surface area contributed by atoms with Crippen molar-refractivity contribution >= 4 is 22.8 Å². The molecule has 0 radical (unpaired) electrons. The summed E-state index contributed by atoms with van der Waals surface area (Å²) in [6.45, 7) is 4.50. The smallest absolute Gasteiger partial charge is 0.226 e. The number of carbonyl (C=O) groups excluding carboxylic acids is 1. The van der Waals surface area contributed by atoms with Gasteiger partial charge in [0.2, 0.25) is 5.89 Å². The van der Waals surface area contributed by atoms with Crippen molar-refractivity contribution in [1.29, 1.82) is 0 Å². The van der Waals surface area contributed by atoms with Gasteiger partial charge < -0.3 is 14.5 Å².